The van der Waals surface area contributed by atoms with Gasteiger partial charge in [-0.2, -0.15) is 18.3 Å². The quantitative estimate of drug-likeness (QED) is 0.393. The number of likely N-dealkylation sites (tertiary alicyclic amines) is 1. The number of anilines is 1. The molecule has 0 saturated carbocycles. The van der Waals surface area contributed by atoms with E-state index in [4.69, 9.17) is 5.73 Å². The van der Waals surface area contributed by atoms with Crippen molar-refractivity contribution in [2.45, 2.75) is 25.3 Å². The number of carbonyl (C=O) groups is 2. The van der Waals surface area contributed by atoms with Gasteiger partial charge in [0.2, 0.25) is 0 Å². The number of fused-ring (bicyclic) bond motifs is 1. The van der Waals surface area contributed by atoms with E-state index in [9.17, 15) is 27.2 Å². The zero-order valence-corrected chi connectivity index (χ0v) is 19.9. The lowest BCUT2D eigenvalue weighted by atomic mass is 10.0. The number of amides is 2. The summed E-state index contributed by atoms with van der Waals surface area (Å²) in [5.41, 5.74) is 5.64. The van der Waals surface area contributed by atoms with Gasteiger partial charge >= 0.3 is 6.18 Å². The molecule has 1 aliphatic rings. The van der Waals surface area contributed by atoms with Crippen molar-refractivity contribution in [2.24, 2.45) is 0 Å². The zero-order chi connectivity index (χ0) is 27.2. The maximum absolute atomic E-state index is 14.8. The number of aromatic nitrogens is 4. The minimum atomic E-state index is -4.72. The first-order valence-electron chi connectivity index (χ1n) is 11.5. The van der Waals surface area contributed by atoms with Crippen LogP contribution in [0.2, 0.25) is 0 Å². The number of rotatable bonds is 4. The summed E-state index contributed by atoms with van der Waals surface area (Å²) in [7, 11) is 0. The molecule has 2 atom stereocenters. The number of hydrogen-bond acceptors (Lipinski definition) is 6. The molecule has 1 aromatic carbocycles. The van der Waals surface area contributed by atoms with Crippen molar-refractivity contribution in [3.8, 4) is 11.3 Å². The monoisotopic (exact) mass is 527 g/mol. The van der Waals surface area contributed by atoms with Gasteiger partial charge in [0, 0.05) is 35.6 Å². The van der Waals surface area contributed by atoms with E-state index < -0.39 is 35.4 Å². The molecule has 3 N–H and O–H groups in total. The van der Waals surface area contributed by atoms with Crippen molar-refractivity contribution in [1.29, 1.82) is 0 Å². The summed E-state index contributed by atoms with van der Waals surface area (Å²) in [4.78, 5) is 34.7. The lowest BCUT2D eigenvalue weighted by Gasteiger charge is -2.17. The van der Waals surface area contributed by atoms with Gasteiger partial charge in [0.15, 0.2) is 5.82 Å². The normalized spacial score (nSPS) is 17.7. The van der Waals surface area contributed by atoms with Crippen LogP contribution in [0.1, 0.15) is 31.8 Å². The highest BCUT2D eigenvalue weighted by atomic mass is 19.4. The van der Waals surface area contributed by atoms with E-state index in [1.54, 1.807) is 19.1 Å². The molecule has 1 saturated heterocycles. The van der Waals surface area contributed by atoms with E-state index in [-0.39, 0.29) is 41.6 Å². The zero-order valence-electron chi connectivity index (χ0n) is 19.9. The highest BCUT2D eigenvalue weighted by Crippen LogP contribution is 2.38. The number of carbonyl (C=O) groups excluding carboxylic acids is 2. The number of hydrogen-bond donors (Lipinski definition) is 2. The summed E-state index contributed by atoms with van der Waals surface area (Å²) < 4.78 is 56.9. The van der Waals surface area contributed by atoms with Crippen LogP contribution in [-0.4, -0.2) is 61.6 Å². The number of nitrogen functional groups attached to an aromatic ring is 1. The van der Waals surface area contributed by atoms with Crippen molar-refractivity contribution in [3.63, 3.8) is 0 Å². The molecule has 4 aromatic rings. The van der Waals surface area contributed by atoms with Crippen LogP contribution < -0.4 is 11.1 Å². The lowest BCUT2D eigenvalue weighted by Crippen LogP contribution is -2.42. The summed E-state index contributed by atoms with van der Waals surface area (Å²) in [5, 5.41) is 6.55. The Morgan fingerprint density at radius 3 is 2.55 bits per heavy atom. The van der Waals surface area contributed by atoms with Crippen molar-refractivity contribution >= 4 is 23.1 Å². The van der Waals surface area contributed by atoms with Gasteiger partial charge in [-0.15, -0.1) is 0 Å². The first kappa shape index (κ1) is 25.1. The highest BCUT2D eigenvalue weighted by molar-refractivity contribution is 5.98. The standard InChI is InChI=1S/C25H21F4N7O2/c1-13-2-3-15(20-9-17(25(27,28)29)21-22(30)32-12-33-36(20)21)8-16(13)23(37)34-19-11-35(10-18(19)26)24(38)14-4-6-31-7-5-14/h2-9,12,18-19H,10-11H2,1H3,(H,34,37)(H2,30,32,33)/t18-,19+/m0/s1. The third-order valence-corrected chi connectivity index (χ3v) is 6.45. The number of alkyl halides is 4. The second-order valence-corrected chi connectivity index (χ2v) is 8.92. The van der Waals surface area contributed by atoms with Crippen LogP contribution in [0.5, 0.6) is 0 Å². The van der Waals surface area contributed by atoms with E-state index in [1.807, 2.05) is 0 Å². The fourth-order valence-electron chi connectivity index (χ4n) is 4.50. The fourth-order valence-corrected chi connectivity index (χ4v) is 4.50. The van der Waals surface area contributed by atoms with Crippen molar-refractivity contribution < 1.29 is 27.2 Å². The van der Waals surface area contributed by atoms with E-state index in [2.05, 4.69) is 20.4 Å². The lowest BCUT2D eigenvalue weighted by molar-refractivity contribution is -0.136. The van der Waals surface area contributed by atoms with Crippen molar-refractivity contribution in [2.75, 3.05) is 18.8 Å². The molecule has 13 heteroatoms. The topological polar surface area (TPSA) is 119 Å². The first-order valence-corrected chi connectivity index (χ1v) is 11.5. The Morgan fingerprint density at radius 2 is 1.84 bits per heavy atom. The van der Waals surface area contributed by atoms with Gasteiger partial charge in [-0.05, 0) is 36.8 Å². The molecular formula is C25H21F4N7O2. The number of nitrogens with one attached hydrogen (secondary N) is 1. The largest absolute Gasteiger partial charge is 0.418 e. The molecule has 0 spiro atoms. The van der Waals surface area contributed by atoms with Crippen molar-refractivity contribution in [3.05, 3.63) is 77.4 Å². The Hall–Kier alpha value is -4.55. The summed E-state index contributed by atoms with van der Waals surface area (Å²) in [6.45, 7) is 1.42. The van der Waals surface area contributed by atoms with Gasteiger partial charge in [0.25, 0.3) is 11.8 Å². The van der Waals surface area contributed by atoms with E-state index >= 15 is 0 Å². The fraction of sp³-hybridized carbons (Fsp3) is 0.240. The van der Waals surface area contributed by atoms with Gasteiger partial charge in [-0.3, -0.25) is 14.6 Å². The molecule has 5 rings (SSSR count). The minimum absolute atomic E-state index is 0.0404. The SMILES string of the molecule is Cc1ccc(-c2cc(C(F)(F)F)c3c(N)ncnn23)cc1C(=O)N[C@@H]1CN(C(=O)c2ccncc2)C[C@@H]1F. The Morgan fingerprint density at radius 1 is 1.11 bits per heavy atom. The molecule has 0 unspecified atom stereocenters. The van der Waals surface area contributed by atoms with E-state index in [1.165, 1.54) is 35.5 Å². The Balaban J connectivity index is 1.42. The first-order chi connectivity index (χ1) is 18.0. The average Bonchev–Trinajstić information content (AvgIpc) is 3.46. The number of benzene rings is 1. The molecule has 0 aliphatic carbocycles. The molecule has 196 valence electrons. The number of nitrogens with two attached hydrogens (primary N) is 1. The smallest absolute Gasteiger partial charge is 0.382 e. The van der Waals surface area contributed by atoms with E-state index in [0.717, 1.165) is 16.9 Å². The second-order valence-electron chi connectivity index (χ2n) is 8.92. The van der Waals surface area contributed by atoms with Gasteiger partial charge in [0.1, 0.15) is 18.0 Å². The minimum Gasteiger partial charge on any atom is -0.382 e. The molecule has 1 aliphatic heterocycles. The van der Waals surface area contributed by atoms with Crippen LogP contribution in [-0.2, 0) is 6.18 Å². The van der Waals surface area contributed by atoms with Crippen molar-refractivity contribution in [1.82, 2.24) is 29.8 Å². The number of aryl methyl sites for hydroxylation is 1. The molecule has 0 radical (unpaired) electrons. The molecule has 38 heavy (non-hydrogen) atoms. The van der Waals surface area contributed by atoms with Gasteiger partial charge < -0.3 is 16.0 Å². The molecular weight excluding hydrogens is 506 g/mol. The summed E-state index contributed by atoms with van der Waals surface area (Å²) >= 11 is 0. The average molecular weight is 527 g/mol. The molecule has 9 nitrogen and oxygen atoms in total. The number of nitrogens with zero attached hydrogens (tertiary/aromatic N) is 5. The molecule has 2 amide bonds. The number of pyridine rings is 1. The predicted octanol–water partition coefficient (Wildman–Crippen LogP) is 3.29. The maximum Gasteiger partial charge on any atom is 0.418 e. The van der Waals surface area contributed by atoms with Crippen LogP contribution in [0.3, 0.4) is 0 Å². The Labute approximate surface area is 213 Å². The van der Waals surface area contributed by atoms with Crippen LogP contribution in [0.25, 0.3) is 16.8 Å². The van der Waals surface area contributed by atoms with E-state index in [0.29, 0.717) is 11.1 Å². The highest BCUT2D eigenvalue weighted by Gasteiger charge is 2.38. The van der Waals surface area contributed by atoms with Gasteiger partial charge in [-0.1, -0.05) is 12.1 Å². The van der Waals surface area contributed by atoms with Crippen LogP contribution >= 0.6 is 0 Å². The van der Waals surface area contributed by atoms with Gasteiger partial charge in [-0.25, -0.2) is 13.9 Å². The molecule has 0 bridgehead atoms. The number of halogens is 4. The van der Waals surface area contributed by atoms with Crippen LogP contribution in [0.15, 0.2) is 55.1 Å². The van der Waals surface area contributed by atoms with Crippen LogP contribution in [0.4, 0.5) is 23.4 Å². The Bertz CT molecular complexity index is 1540. The third-order valence-electron chi connectivity index (χ3n) is 6.45. The van der Waals surface area contributed by atoms with Crippen LogP contribution in [0, 0.1) is 6.92 Å². The summed E-state index contributed by atoms with van der Waals surface area (Å²) in [6.07, 6.45) is -2.27. The second kappa shape index (κ2) is 9.39. The third kappa shape index (κ3) is 4.51. The maximum atomic E-state index is 14.8. The molecule has 1 fully saturated rings. The molecule has 4 heterocycles. The molecule has 3 aromatic heterocycles. The summed E-state index contributed by atoms with van der Waals surface area (Å²) in [6, 6.07) is 7.50. The summed E-state index contributed by atoms with van der Waals surface area (Å²) in [5.74, 6) is -1.35. The van der Waals surface area contributed by atoms with Gasteiger partial charge in [0.05, 0.1) is 23.8 Å². The predicted molar refractivity (Wildman–Crippen MR) is 129 cm³/mol. The Kier molecular flexibility index (Phi) is 6.21.